The molecule has 1 aromatic heterocycles. The lowest BCUT2D eigenvalue weighted by atomic mass is 10.1. The molecule has 96 valence electrons. The lowest BCUT2D eigenvalue weighted by Crippen LogP contribution is -2.23. The zero-order chi connectivity index (χ0) is 13.1. The van der Waals surface area contributed by atoms with Crippen molar-refractivity contribution < 1.29 is 0 Å². The van der Waals surface area contributed by atoms with E-state index in [0.29, 0.717) is 0 Å². The molecule has 0 saturated heterocycles. The third-order valence-electron chi connectivity index (χ3n) is 3.31. The monoisotopic (exact) mass is 243 g/mol. The summed E-state index contributed by atoms with van der Waals surface area (Å²) in [7, 11) is 1.96. The number of aromatic nitrogens is 1. The first kappa shape index (κ1) is 12.7. The molecule has 3 nitrogen and oxygen atoms in total. The first-order valence-electron chi connectivity index (χ1n) is 6.54. The van der Waals surface area contributed by atoms with Gasteiger partial charge >= 0.3 is 0 Å². The number of rotatable bonds is 4. The molecule has 0 amide bonds. The third kappa shape index (κ3) is 2.13. The fourth-order valence-electron chi connectivity index (χ4n) is 2.37. The van der Waals surface area contributed by atoms with Gasteiger partial charge in [0.15, 0.2) is 0 Å². The summed E-state index contributed by atoms with van der Waals surface area (Å²) in [4.78, 5) is 7.02. The highest BCUT2D eigenvalue weighted by molar-refractivity contribution is 6.00. The van der Waals surface area contributed by atoms with Crippen molar-refractivity contribution >= 4 is 22.3 Å². The van der Waals surface area contributed by atoms with E-state index in [9.17, 15) is 0 Å². The molecule has 0 aliphatic carbocycles. The van der Waals surface area contributed by atoms with Crippen LogP contribution in [0.15, 0.2) is 24.3 Å². The van der Waals surface area contributed by atoms with Crippen LogP contribution in [0, 0.1) is 6.92 Å². The van der Waals surface area contributed by atoms with E-state index in [0.717, 1.165) is 30.3 Å². The Kier molecular flexibility index (Phi) is 3.70. The minimum absolute atomic E-state index is 0.978. The largest absolute Gasteiger partial charge is 0.388 e. The van der Waals surface area contributed by atoms with E-state index in [4.69, 9.17) is 4.98 Å². The first-order chi connectivity index (χ1) is 8.71. The van der Waals surface area contributed by atoms with Crippen LogP contribution in [0.25, 0.3) is 10.8 Å². The lowest BCUT2D eigenvalue weighted by Gasteiger charge is -2.22. The Labute approximate surface area is 109 Å². The van der Waals surface area contributed by atoms with E-state index >= 15 is 0 Å². The average molecular weight is 243 g/mol. The number of fused-ring (bicyclic) bond motifs is 1. The summed E-state index contributed by atoms with van der Waals surface area (Å²) in [5.74, 6) is 1.09. The SMILES string of the molecule is CCN(CC)c1nc(C)cc2c(NC)cccc12. The first-order valence-corrected chi connectivity index (χ1v) is 6.54. The van der Waals surface area contributed by atoms with Crippen molar-refractivity contribution in [3.05, 3.63) is 30.0 Å². The molecule has 3 heteroatoms. The third-order valence-corrected chi connectivity index (χ3v) is 3.31. The summed E-state index contributed by atoms with van der Waals surface area (Å²) in [5.41, 5.74) is 2.22. The van der Waals surface area contributed by atoms with Crippen molar-refractivity contribution in [2.45, 2.75) is 20.8 Å². The number of nitrogens with zero attached hydrogens (tertiary/aromatic N) is 2. The molecular formula is C15H21N3. The average Bonchev–Trinajstić information content (AvgIpc) is 2.39. The molecule has 0 atom stereocenters. The van der Waals surface area contributed by atoms with Crippen LogP contribution in [0.4, 0.5) is 11.5 Å². The number of hydrogen-bond acceptors (Lipinski definition) is 3. The van der Waals surface area contributed by atoms with Gasteiger partial charge in [-0.15, -0.1) is 0 Å². The normalized spacial score (nSPS) is 10.7. The molecule has 0 radical (unpaired) electrons. The van der Waals surface area contributed by atoms with Crippen molar-refractivity contribution in [3.8, 4) is 0 Å². The van der Waals surface area contributed by atoms with E-state index in [2.05, 4.69) is 55.3 Å². The minimum atomic E-state index is 0.978. The highest BCUT2D eigenvalue weighted by Crippen LogP contribution is 2.30. The predicted molar refractivity (Wildman–Crippen MR) is 79.6 cm³/mol. The summed E-state index contributed by atoms with van der Waals surface area (Å²) < 4.78 is 0. The lowest BCUT2D eigenvalue weighted by molar-refractivity contribution is 0.848. The molecule has 0 spiro atoms. The fraction of sp³-hybridized carbons (Fsp3) is 0.400. The molecule has 0 fully saturated rings. The molecule has 2 aromatic rings. The zero-order valence-corrected chi connectivity index (χ0v) is 11.6. The second kappa shape index (κ2) is 5.25. The van der Waals surface area contributed by atoms with Crippen LogP contribution in [0.5, 0.6) is 0 Å². The number of pyridine rings is 1. The van der Waals surface area contributed by atoms with Crippen LogP contribution in [0.3, 0.4) is 0 Å². The Balaban J connectivity index is 2.73. The quantitative estimate of drug-likeness (QED) is 0.891. The van der Waals surface area contributed by atoms with E-state index in [1.165, 1.54) is 10.8 Å². The van der Waals surface area contributed by atoms with Crippen molar-refractivity contribution in [3.63, 3.8) is 0 Å². The summed E-state index contributed by atoms with van der Waals surface area (Å²) in [5, 5.41) is 5.72. The van der Waals surface area contributed by atoms with Crippen LogP contribution in [-0.4, -0.2) is 25.1 Å². The van der Waals surface area contributed by atoms with Crippen molar-refractivity contribution in [1.29, 1.82) is 0 Å². The number of aryl methyl sites for hydroxylation is 1. The predicted octanol–water partition coefficient (Wildman–Crippen LogP) is 3.43. The van der Waals surface area contributed by atoms with Crippen LogP contribution < -0.4 is 10.2 Å². The maximum Gasteiger partial charge on any atom is 0.136 e. The van der Waals surface area contributed by atoms with Gasteiger partial charge in [-0.1, -0.05) is 12.1 Å². The Hall–Kier alpha value is -1.77. The van der Waals surface area contributed by atoms with Crippen molar-refractivity contribution in [2.24, 2.45) is 0 Å². The number of anilines is 2. The molecule has 1 N–H and O–H groups in total. The maximum atomic E-state index is 4.72. The standard InChI is InChI=1S/C15H21N3/c1-5-18(6-2)15-12-8-7-9-14(16-4)13(12)10-11(3)17-15/h7-10,16H,5-6H2,1-4H3. The van der Waals surface area contributed by atoms with Gasteiger partial charge in [0.1, 0.15) is 5.82 Å². The molecule has 0 bridgehead atoms. The van der Waals surface area contributed by atoms with Gasteiger partial charge in [0.05, 0.1) is 0 Å². The Bertz CT molecular complexity index is 545. The molecular weight excluding hydrogens is 222 g/mol. The molecule has 1 aromatic carbocycles. The van der Waals surface area contributed by atoms with Crippen molar-refractivity contribution in [1.82, 2.24) is 4.98 Å². The van der Waals surface area contributed by atoms with Gasteiger partial charge in [-0.05, 0) is 32.9 Å². The summed E-state index contributed by atoms with van der Waals surface area (Å²) >= 11 is 0. The summed E-state index contributed by atoms with van der Waals surface area (Å²) in [6.45, 7) is 8.35. The second-order valence-corrected chi connectivity index (χ2v) is 4.41. The van der Waals surface area contributed by atoms with Gasteiger partial charge in [-0.3, -0.25) is 0 Å². The van der Waals surface area contributed by atoms with Gasteiger partial charge in [0.2, 0.25) is 0 Å². The Morgan fingerprint density at radius 1 is 1.17 bits per heavy atom. The second-order valence-electron chi connectivity index (χ2n) is 4.41. The molecule has 2 rings (SSSR count). The highest BCUT2D eigenvalue weighted by Gasteiger charge is 2.11. The molecule has 0 unspecified atom stereocenters. The van der Waals surface area contributed by atoms with Gasteiger partial charge in [-0.2, -0.15) is 0 Å². The number of nitrogens with one attached hydrogen (secondary N) is 1. The van der Waals surface area contributed by atoms with Crippen LogP contribution in [0.2, 0.25) is 0 Å². The van der Waals surface area contributed by atoms with Crippen LogP contribution in [-0.2, 0) is 0 Å². The summed E-state index contributed by atoms with van der Waals surface area (Å²) in [6, 6.07) is 8.48. The van der Waals surface area contributed by atoms with E-state index in [-0.39, 0.29) is 0 Å². The Morgan fingerprint density at radius 3 is 2.50 bits per heavy atom. The zero-order valence-electron chi connectivity index (χ0n) is 11.6. The molecule has 0 aliphatic rings. The van der Waals surface area contributed by atoms with Gasteiger partial charge in [-0.25, -0.2) is 4.98 Å². The fourth-order valence-corrected chi connectivity index (χ4v) is 2.37. The number of hydrogen-bond donors (Lipinski definition) is 1. The van der Waals surface area contributed by atoms with Gasteiger partial charge in [0, 0.05) is 42.3 Å². The molecule has 0 aliphatic heterocycles. The topological polar surface area (TPSA) is 28.2 Å². The smallest absolute Gasteiger partial charge is 0.136 e. The van der Waals surface area contributed by atoms with E-state index < -0.39 is 0 Å². The minimum Gasteiger partial charge on any atom is -0.388 e. The highest BCUT2D eigenvalue weighted by atomic mass is 15.2. The van der Waals surface area contributed by atoms with E-state index in [1.54, 1.807) is 0 Å². The van der Waals surface area contributed by atoms with Crippen LogP contribution in [0.1, 0.15) is 19.5 Å². The van der Waals surface area contributed by atoms with Gasteiger partial charge in [0.25, 0.3) is 0 Å². The van der Waals surface area contributed by atoms with Crippen LogP contribution >= 0.6 is 0 Å². The van der Waals surface area contributed by atoms with Crippen molar-refractivity contribution in [2.75, 3.05) is 30.4 Å². The summed E-state index contributed by atoms with van der Waals surface area (Å²) in [6.07, 6.45) is 0. The molecule has 18 heavy (non-hydrogen) atoms. The molecule has 0 saturated carbocycles. The van der Waals surface area contributed by atoms with Gasteiger partial charge < -0.3 is 10.2 Å². The maximum absolute atomic E-state index is 4.72. The Morgan fingerprint density at radius 2 is 1.89 bits per heavy atom. The number of benzene rings is 1. The van der Waals surface area contributed by atoms with E-state index in [1.807, 2.05) is 7.05 Å². The molecule has 1 heterocycles.